The van der Waals surface area contributed by atoms with E-state index in [9.17, 15) is 5.11 Å². The van der Waals surface area contributed by atoms with Crippen molar-refractivity contribution in [3.8, 4) is 11.5 Å². The van der Waals surface area contributed by atoms with Crippen molar-refractivity contribution in [3.05, 3.63) is 36.4 Å². The molecule has 0 fully saturated rings. The molecule has 0 amide bonds. The van der Waals surface area contributed by atoms with Gasteiger partial charge in [0.15, 0.2) is 11.5 Å². The van der Waals surface area contributed by atoms with E-state index in [0.717, 1.165) is 5.56 Å². The lowest BCUT2D eigenvalue weighted by atomic mass is 10.1. The molecule has 2 heteroatoms. The third-order valence-electron chi connectivity index (χ3n) is 1.64. The Kier molecular flexibility index (Phi) is 2.75. The second kappa shape index (κ2) is 3.81. The number of phenolic OH excluding ortho intramolecular Hbond substituents is 1. The highest BCUT2D eigenvalue weighted by Gasteiger charge is 2.04. The minimum Gasteiger partial charge on any atom is -0.504 e. The quantitative estimate of drug-likeness (QED) is 0.693. The van der Waals surface area contributed by atoms with Crippen LogP contribution in [0.3, 0.4) is 0 Å². The molecule has 0 aromatic heterocycles. The summed E-state index contributed by atoms with van der Waals surface area (Å²) in [5.41, 5.74) is 0.951. The van der Waals surface area contributed by atoms with Crippen LogP contribution in [0.1, 0.15) is 5.56 Å². The molecule has 0 atom stereocenters. The summed E-state index contributed by atoms with van der Waals surface area (Å²) in [6, 6.07) is 5.29. The average molecular weight is 164 g/mol. The summed E-state index contributed by atoms with van der Waals surface area (Å²) < 4.78 is 5.03. The highest BCUT2D eigenvalue weighted by Crippen LogP contribution is 2.29. The molecule has 2 nitrogen and oxygen atoms in total. The van der Waals surface area contributed by atoms with Crippen LogP contribution < -0.4 is 4.74 Å². The zero-order valence-corrected chi connectivity index (χ0v) is 7.08. The number of hydrogen-bond donors (Lipinski definition) is 1. The zero-order valence-electron chi connectivity index (χ0n) is 7.08. The van der Waals surface area contributed by atoms with Gasteiger partial charge in [0.2, 0.25) is 0 Å². The van der Waals surface area contributed by atoms with Crippen LogP contribution in [-0.4, -0.2) is 12.2 Å². The van der Waals surface area contributed by atoms with E-state index in [1.807, 2.05) is 6.07 Å². The van der Waals surface area contributed by atoms with Crippen LogP contribution in [0.15, 0.2) is 30.9 Å². The minimum absolute atomic E-state index is 0.178. The standard InChI is InChI=1S/C10H12O2/c1-3-5-8-6-4-7-9(11)10(8)12-2/h3-4,6-7,11H,1,5H2,2H3. The predicted molar refractivity (Wildman–Crippen MR) is 48.6 cm³/mol. The molecule has 0 aliphatic rings. The van der Waals surface area contributed by atoms with E-state index in [1.165, 1.54) is 0 Å². The van der Waals surface area contributed by atoms with Crippen LogP contribution in [0, 0.1) is 0 Å². The molecular weight excluding hydrogens is 152 g/mol. The van der Waals surface area contributed by atoms with Crippen molar-refractivity contribution in [2.75, 3.05) is 7.11 Å². The third kappa shape index (κ3) is 1.59. The van der Waals surface area contributed by atoms with Crippen molar-refractivity contribution < 1.29 is 9.84 Å². The number of para-hydroxylation sites is 1. The first-order valence-electron chi connectivity index (χ1n) is 3.75. The summed E-state index contributed by atoms with van der Waals surface area (Å²) >= 11 is 0. The molecule has 1 rings (SSSR count). The number of hydrogen-bond acceptors (Lipinski definition) is 2. The number of ether oxygens (including phenoxy) is 1. The summed E-state index contributed by atoms with van der Waals surface area (Å²) in [5, 5.41) is 9.36. The van der Waals surface area contributed by atoms with Crippen molar-refractivity contribution >= 4 is 0 Å². The first kappa shape index (κ1) is 8.65. The summed E-state index contributed by atoms with van der Waals surface area (Å²) in [6.07, 6.45) is 2.48. The van der Waals surface area contributed by atoms with Gasteiger partial charge in [0, 0.05) is 5.56 Å². The van der Waals surface area contributed by atoms with Gasteiger partial charge in [-0.3, -0.25) is 0 Å². The molecule has 0 bridgehead atoms. The fourth-order valence-electron chi connectivity index (χ4n) is 1.12. The van der Waals surface area contributed by atoms with Crippen molar-refractivity contribution in [3.63, 3.8) is 0 Å². The highest BCUT2D eigenvalue weighted by atomic mass is 16.5. The molecule has 0 saturated heterocycles. The van der Waals surface area contributed by atoms with Crippen molar-refractivity contribution in [1.29, 1.82) is 0 Å². The largest absolute Gasteiger partial charge is 0.504 e. The molecule has 12 heavy (non-hydrogen) atoms. The number of aromatic hydroxyl groups is 1. The van der Waals surface area contributed by atoms with E-state index in [-0.39, 0.29) is 5.75 Å². The Balaban J connectivity index is 3.08. The van der Waals surface area contributed by atoms with Crippen LogP contribution in [0.4, 0.5) is 0 Å². The maximum absolute atomic E-state index is 9.36. The normalized spacial score (nSPS) is 9.42. The van der Waals surface area contributed by atoms with E-state index in [0.29, 0.717) is 12.2 Å². The summed E-state index contributed by atoms with van der Waals surface area (Å²) in [7, 11) is 1.54. The van der Waals surface area contributed by atoms with Crippen LogP contribution >= 0.6 is 0 Å². The van der Waals surface area contributed by atoms with E-state index < -0.39 is 0 Å². The molecule has 0 heterocycles. The maximum atomic E-state index is 9.36. The van der Waals surface area contributed by atoms with Crippen LogP contribution in [0.2, 0.25) is 0 Å². The van der Waals surface area contributed by atoms with Gasteiger partial charge in [-0.1, -0.05) is 18.2 Å². The predicted octanol–water partition coefficient (Wildman–Crippen LogP) is 2.13. The lowest BCUT2D eigenvalue weighted by molar-refractivity contribution is 0.370. The summed E-state index contributed by atoms with van der Waals surface area (Å²) in [6.45, 7) is 3.62. The Hall–Kier alpha value is -1.44. The molecule has 1 aromatic rings. The first-order valence-corrected chi connectivity index (χ1v) is 3.75. The average Bonchev–Trinajstić information content (AvgIpc) is 2.05. The van der Waals surface area contributed by atoms with E-state index in [2.05, 4.69) is 6.58 Å². The molecule has 0 saturated carbocycles. The summed E-state index contributed by atoms with van der Waals surface area (Å²) in [4.78, 5) is 0. The second-order valence-corrected chi connectivity index (χ2v) is 2.46. The lowest BCUT2D eigenvalue weighted by Gasteiger charge is -2.07. The molecule has 0 aliphatic heterocycles. The minimum atomic E-state index is 0.178. The number of rotatable bonds is 3. The van der Waals surface area contributed by atoms with E-state index in [4.69, 9.17) is 4.74 Å². The highest BCUT2D eigenvalue weighted by molar-refractivity contribution is 5.46. The molecule has 64 valence electrons. The van der Waals surface area contributed by atoms with Crippen molar-refractivity contribution in [2.45, 2.75) is 6.42 Å². The fraction of sp³-hybridized carbons (Fsp3) is 0.200. The Morgan fingerprint density at radius 2 is 2.33 bits per heavy atom. The Bertz CT molecular complexity index is 279. The van der Waals surface area contributed by atoms with Gasteiger partial charge in [0.25, 0.3) is 0 Å². The Morgan fingerprint density at radius 1 is 1.58 bits per heavy atom. The SMILES string of the molecule is C=CCc1cccc(O)c1OC. The number of allylic oxidation sites excluding steroid dienone is 1. The Morgan fingerprint density at radius 3 is 2.92 bits per heavy atom. The molecular formula is C10H12O2. The van der Waals surface area contributed by atoms with Crippen molar-refractivity contribution in [2.24, 2.45) is 0 Å². The van der Waals surface area contributed by atoms with Gasteiger partial charge in [-0.15, -0.1) is 6.58 Å². The molecule has 0 aliphatic carbocycles. The molecule has 1 aromatic carbocycles. The molecule has 0 spiro atoms. The van der Waals surface area contributed by atoms with Gasteiger partial charge < -0.3 is 9.84 Å². The molecule has 1 N–H and O–H groups in total. The van der Waals surface area contributed by atoms with Gasteiger partial charge in [0.1, 0.15) is 0 Å². The Labute approximate surface area is 72.1 Å². The molecule has 0 unspecified atom stereocenters. The second-order valence-electron chi connectivity index (χ2n) is 2.46. The van der Waals surface area contributed by atoms with Gasteiger partial charge >= 0.3 is 0 Å². The number of methoxy groups -OCH3 is 1. The van der Waals surface area contributed by atoms with E-state index in [1.54, 1.807) is 25.3 Å². The topological polar surface area (TPSA) is 29.5 Å². The van der Waals surface area contributed by atoms with Gasteiger partial charge in [-0.05, 0) is 12.5 Å². The van der Waals surface area contributed by atoms with E-state index >= 15 is 0 Å². The smallest absolute Gasteiger partial charge is 0.163 e. The van der Waals surface area contributed by atoms with Crippen LogP contribution in [-0.2, 0) is 6.42 Å². The number of phenols is 1. The van der Waals surface area contributed by atoms with Gasteiger partial charge in [-0.25, -0.2) is 0 Å². The monoisotopic (exact) mass is 164 g/mol. The maximum Gasteiger partial charge on any atom is 0.163 e. The lowest BCUT2D eigenvalue weighted by Crippen LogP contribution is -1.90. The van der Waals surface area contributed by atoms with Crippen molar-refractivity contribution in [1.82, 2.24) is 0 Å². The van der Waals surface area contributed by atoms with Crippen LogP contribution in [0.5, 0.6) is 11.5 Å². The number of benzene rings is 1. The fourth-order valence-corrected chi connectivity index (χ4v) is 1.12. The van der Waals surface area contributed by atoms with Gasteiger partial charge in [-0.2, -0.15) is 0 Å². The first-order chi connectivity index (χ1) is 5.79. The zero-order chi connectivity index (χ0) is 8.97. The molecule has 0 radical (unpaired) electrons. The van der Waals surface area contributed by atoms with Gasteiger partial charge in [0.05, 0.1) is 7.11 Å². The third-order valence-corrected chi connectivity index (χ3v) is 1.64. The van der Waals surface area contributed by atoms with Crippen LogP contribution in [0.25, 0.3) is 0 Å². The summed E-state index contributed by atoms with van der Waals surface area (Å²) in [5.74, 6) is 0.717.